The van der Waals surface area contributed by atoms with Gasteiger partial charge in [0.1, 0.15) is 0 Å². The summed E-state index contributed by atoms with van der Waals surface area (Å²) in [4.78, 5) is 28.8. The van der Waals surface area contributed by atoms with E-state index in [1.807, 2.05) is 31.4 Å². The maximum atomic E-state index is 12.7. The molecule has 1 aromatic carbocycles. The van der Waals surface area contributed by atoms with Crippen LogP contribution in [0.3, 0.4) is 0 Å². The summed E-state index contributed by atoms with van der Waals surface area (Å²) in [6.07, 6.45) is 3.63. The highest BCUT2D eigenvalue weighted by molar-refractivity contribution is 7.97. The number of thioether (sulfide) groups is 1. The van der Waals surface area contributed by atoms with Gasteiger partial charge in [-0.2, -0.15) is 11.8 Å². The van der Waals surface area contributed by atoms with Crippen LogP contribution in [0.4, 0.5) is 0 Å². The predicted molar refractivity (Wildman–Crippen MR) is 112 cm³/mol. The number of nitrogens with zero attached hydrogens (tertiary/aromatic N) is 4. The van der Waals surface area contributed by atoms with E-state index in [0.717, 1.165) is 11.4 Å². The first kappa shape index (κ1) is 20.5. The number of carbonyl (C=O) groups is 2. The molecule has 0 aliphatic heterocycles. The molecule has 2 amide bonds. The van der Waals surface area contributed by atoms with Crippen LogP contribution in [0.1, 0.15) is 39.2 Å². The lowest BCUT2D eigenvalue weighted by atomic mass is 10.2. The molecule has 2 aromatic heterocycles. The molecule has 0 saturated heterocycles. The summed E-state index contributed by atoms with van der Waals surface area (Å²) < 4.78 is 1.63. The fourth-order valence-corrected chi connectivity index (χ4v) is 3.26. The fourth-order valence-electron chi connectivity index (χ4n) is 2.73. The Morgan fingerprint density at radius 3 is 2.52 bits per heavy atom. The Hall–Kier alpha value is -3.20. The lowest BCUT2D eigenvalue weighted by molar-refractivity contribution is 0.0940. The molecule has 150 valence electrons. The summed E-state index contributed by atoms with van der Waals surface area (Å²) in [5.41, 5.74) is 3.04. The fraction of sp³-hybridized carbons (Fsp3) is 0.250. The summed E-state index contributed by atoms with van der Waals surface area (Å²) in [7, 11) is 0. The Bertz CT molecular complexity index is 972. The van der Waals surface area contributed by atoms with E-state index in [0.29, 0.717) is 30.1 Å². The highest BCUT2D eigenvalue weighted by Crippen LogP contribution is 2.18. The van der Waals surface area contributed by atoms with Gasteiger partial charge in [-0.05, 0) is 49.6 Å². The Morgan fingerprint density at radius 1 is 1.07 bits per heavy atom. The number of nitrogens with one attached hydrogen (secondary N) is 2. The van der Waals surface area contributed by atoms with Gasteiger partial charge in [-0.1, -0.05) is 11.3 Å². The van der Waals surface area contributed by atoms with E-state index in [-0.39, 0.29) is 17.5 Å². The zero-order valence-electron chi connectivity index (χ0n) is 16.3. The second-order valence-electron chi connectivity index (χ2n) is 6.14. The minimum absolute atomic E-state index is 0.128. The van der Waals surface area contributed by atoms with Crippen LogP contribution in [0.5, 0.6) is 0 Å². The highest BCUT2D eigenvalue weighted by atomic mass is 32.2. The van der Waals surface area contributed by atoms with Gasteiger partial charge in [-0.25, -0.2) is 4.68 Å². The lowest BCUT2D eigenvalue weighted by Crippen LogP contribution is -2.25. The number of hydrogen-bond donors (Lipinski definition) is 2. The third kappa shape index (κ3) is 5.00. The number of hydrogen-bond acceptors (Lipinski definition) is 6. The molecule has 8 nitrogen and oxygen atoms in total. The van der Waals surface area contributed by atoms with Crippen molar-refractivity contribution in [1.82, 2.24) is 30.6 Å². The van der Waals surface area contributed by atoms with E-state index in [4.69, 9.17) is 0 Å². The largest absolute Gasteiger partial charge is 0.352 e. The summed E-state index contributed by atoms with van der Waals surface area (Å²) >= 11 is 1.57. The van der Waals surface area contributed by atoms with Gasteiger partial charge in [-0.15, -0.1) is 5.10 Å². The molecule has 0 saturated carbocycles. The number of pyridine rings is 1. The molecular formula is C20H22N6O2S. The summed E-state index contributed by atoms with van der Waals surface area (Å²) in [5.74, 6) is 0.138. The first-order valence-electron chi connectivity index (χ1n) is 9.14. The minimum atomic E-state index is -0.301. The van der Waals surface area contributed by atoms with Crippen LogP contribution in [0.15, 0.2) is 48.7 Å². The van der Waals surface area contributed by atoms with Crippen molar-refractivity contribution in [1.29, 1.82) is 0 Å². The van der Waals surface area contributed by atoms with Crippen molar-refractivity contribution in [3.8, 4) is 5.69 Å². The standard InChI is InChI=1S/C20H22N6O2S/c1-3-21-19(27)14-7-9-16(10-8-14)26-17(13-29-2)18(24-25-26)20(28)23-12-15-6-4-5-11-22-15/h4-11H,3,12-13H2,1-2H3,(H,21,27)(H,23,28). The third-order valence-corrected chi connectivity index (χ3v) is 4.69. The van der Waals surface area contributed by atoms with Crippen molar-refractivity contribution < 1.29 is 9.59 Å². The summed E-state index contributed by atoms with van der Waals surface area (Å²) in [6.45, 7) is 2.75. The summed E-state index contributed by atoms with van der Waals surface area (Å²) in [5, 5.41) is 13.9. The molecule has 29 heavy (non-hydrogen) atoms. The quantitative estimate of drug-likeness (QED) is 0.590. The van der Waals surface area contributed by atoms with Crippen molar-refractivity contribution in [3.63, 3.8) is 0 Å². The molecule has 9 heteroatoms. The van der Waals surface area contributed by atoms with E-state index in [1.54, 1.807) is 46.9 Å². The number of benzene rings is 1. The van der Waals surface area contributed by atoms with Crippen LogP contribution in [-0.2, 0) is 12.3 Å². The molecule has 3 aromatic rings. The minimum Gasteiger partial charge on any atom is -0.352 e. The van der Waals surface area contributed by atoms with E-state index < -0.39 is 0 Å². The second-order valence-corrected chi connectivity index (χ2v) is 7.01. The van der Waals surface area contributed by atoms with Gasteiger partial charge >= 0.3 is 0 Å². The van der Waals surface area contributed by atoms with Gasteiger partial charge in [0.25, 0.3) is 11.8 Å². The molecule has 0 aliphatic carbocycles. The zero-order chi connectivity index (χ0) is 20.6. The molecular weight excluding hydrogens is 388 g/mol. The smallest absolute Gasteiger partial charge is 0.274 e. The van der Waals surface area contributed by atoms with Crippen molar-refractivity contribution in [2.24, 2.45) is 0 Å². The predicted octanol–water partition coefficient (Wildman–Crippen LogP) is 2.20. The van der Waals surface area contributed by atoms with Gasteiger partial charge in [0.15, 0.2) is 5.69 Å². The van der Waals surface area contributed by atoms with Crippen LogP contribution >= 0.6 is 11.8 Å². The van der Waals surface area contributed by atoms with E-state index >= 15 is 0 Å². The average Bonchev–Trinajstić information content (AvgIpc) is 3.17. The van der Waals surface area contributed by atoms with Crippen molar-refractivity contribution in [2.75, 3.05) is 12.8 Å². The Kier molecular flexibility index (Phi) is 6.96. The number of carbonyl (C=O) groups excluding carboxylic acids is 2. The molecule has 3 rings (SSSR count). The highest BCUT2D eigenvalue weighted by Gasteiger charge is 2.20. The van der Waals surface area contributed by atoms with Crippen LogP contribution in [0.2, 0.25) is 0 Å². The maximum absolute atomic E-state index is 12.7. The first-order valence-corrected chi connectivity index (χ1v) is 10.5. The van der Waals surface area contributed by atoms with Crippen LogP contribution < -0.4 is 10.6 Å². The second kappa shape index (κ2) is 9.83. The average molecular weight is 411 g/mol. The monoisotopic (exact) mass is 410 g/mol. The molecule has 0 radical (unpaired) electrons. The first-order chi connectivity index (χ1) is 14.1. The molecule has 0 aliphatic rings. The molecule has 0 fully saturated rings. The van der Waals surface area contributed by atoms with Crippen molar-refractivity contribution in [2.45, 2.75) is 19.2 Å². The van der Waals surface area contributed by atoms with Gasteiger partial charge in [0.2, 0.25) is 0 Å². The molecule has 2 N–H and O–H groups in total. The topological polar surface area (TPSA) is 102 Å². The van der Waals surface area contributed by atoms with Gasteiger partial charge in [-0.3, -0.25) is 14.6 Å². The molecule has 0 atom stereocenters. The Morgan fingerprint density at radius 2 is 1.86 bits per heavy atom. The number of amides is 2. The molecule has 0 spiro atoms. The van der Waals surface area contributed by atoms with E-state index in [9.17, 15) is 9.59 Å². The Labute approximate surface area is 173 Å². The molecule has 0 unspecified atom stereocenters. The van der Waals surface area contributed by atoms with Gasteiger partial charge in [0.05, 0.1) is 23.6 Å². The molecule has 2 heterocycles. The lowest BCUT2D eigenvalue weighted by Gasteiger charge is -2.08. The van der Waals surface area contributed by atoms with Crippen LogP contribution in [0, 0.1) is 0 Å². The van der Waals surface area contributed by atoms with Crippen molar-refractivity contribution in [3.05, 3.63) is 71.3 Å². The van der Waals surface area contributed by atoms with Gasteiger partial charge < -0.3 is 10.6 Å². The zero-order valence-corrected chi connectivity index (χ0v) is 17.1. The van der Waals surface area contributed by atoms with E-state index in [1.165, 1.54) is 0 Å². The maximum Gasteiger partial charge on any atom is 0.274 e. The van der Waals surface area contributed by atoms with Crippen molar-refractivity contribution >= 4 is 23.6 Å². The van der Waals surface area contributed by atoms with Crippen LogP contribution in [0.25, 0.3) is 5.69 Å². The van der Waals surface area contributed by atoms with Crippen LogP contribution in [-0.4, -0.2) is 44.6 Å². The third-order valence-electron chi connectivity index (χ3n) is 4.13. The Balaban J connectivity index is 1.81. The molecule has 0 bridgehead atoms. The number of aromatic nitrogens is 4. The van der Waals surface area contributed by atoms with E-state index in [2.05, 4.69) is 25.9 Å². The normalized spacial score (nSPS) is 10.6. The summed E-state index contributed by atoms with van der Waals surface area (Å²) in [6, 6.07) is 12.6. The number of rotatable bonds is 8. The van der Waals surface area contributed by atoms with Gasteiger partial charge in [0, 0.05) is 24.1 Å². The SMILES string of the molecule is CCNC(=O)c1ccc(-n2nnc(C(=O)NCc3ccccn3)c2CSC)cc1.